The van der Waals surface area contributed by atoms with Crippen molar-refractivity contribution in [1.82, 2.24) is 0 Å². The van der Waals surface area contributed by atoms with E-state index < -0.39 is 5.41 Å². The van der Waals surface area contributed by atoms with Crippen LogP contribution < -0.4 is 14.8 Å². The fourth-order valence-corrected chi connectivity index (χ4v) is 3.80. The van der Waals surface area contributed by atoms with Crippen molar-refractivity contribution in [2.75, 3.05) is 18.7 Å². The molecule has 5 nitrogen and oxygen atoms in total. The molecule has 0 atom stereocenters. The Morgan fingerprint density at radius 3 is 2.77 bits per heavy atom. The van der Waals surface area contributed by atoms with Gasteiger partial charge in [-0.25, -0.2) is 0 Å². The Kier molecular flexibility index (Phi) is 3.34. The number of carbonyl (C=O) groups is 1. The number of hydrogen-bond acceptors (Lipinski definition) is 4. The normalized spacial score (nSPS) is 18.3. The first kappa shape index (κ1) is 15.5. The number of aliphatic hydroxyl groups excluding tert-OH is 1. The molecule has 0 aromatic heterocycles. The molecule has 1 amide bonds. The molecule has 3 aliphatic rings. The van der Waals surface area contributed by atoms with Crippen molar-refractivity contribution in [3.63, 3.8) is 0 Å². The van der Waals surface area contributed by atoms with Crippen LogP contribution in [0.3, 0.4) is 0 Å². The van der Waals surface area contributed by atoms with E-state index in [1.54, 1.807) is 0 Å². The molecule has 26 heavy (non-hydrogen) atoms. The molecule has 5 rings (SSSR count). The number of benzene rings is 2. The topological polar surface area (TPSA) is 67.8 Å². The monoisotopic (exact) mass is 349 g/mol. The molecule has 132 valence electrons. The predicted octanol–water partition coefficient (Wildman–Crippen LogP) is 3.02. The molecule has 2 N–H and O–H groups in total. The maximum absolute atomic E-state index is 13.0. The largest absolute Gasteiger partial charge is 0.454 e. The number of nitrogens with one attached hydrogen (secondary N) is 1. The summed E-state index contributed by atoms with van der Waals surface area (Å²) in [5.41, 5.74) is 4.54. The quantitative estimate of drug-likeness (QED) is 0.890. The molecule has 0 unspecified atom stereocenters. The Balaban J connectivity index is 1.38. The van der Waals surface area contributed by atoms with Gasteiger partial charge in [-0.3, -0.25) is 4.79 Å². The molecule has 1 fully saturated rings. The Labute approximate surface area is 151 Å². The third-order valence-electron chi connectivity index (χ3n) is 5.49. The van der Waals surface area contributed by atoms with Gasteiger partial charge < -0.3 is 19.9 Å². The fraction of sp³-hybridized carbons (Fsp3) is 0.286. The summed E-state index contributed by atoms with van der Waals surface area (Å²) in [5.74, 6) is 1.46. The van der Waals surface area contributed by atoms with E-state index in [2.05, 4.69) is 5.32 Å². The molecule has 0 bridgehead atoms. The molecule has 2 aromatic carbocycles. The second kappa shape index (κ2) is 5.61. The highest BCUT2D eigenvalue weighted by atomic mass is 16.7. The minimum absolute atomic E-state index is 0.0145. The number of carbonyl (C=O) groups excluding carboxylic acids is 1. The van der Waals surface area contributed by atoms with Gasteiger partial charge in [0.2, 0.25) is 12.7 Å². The molecule has 1 saturated carbocycles. The lowest BCUT2D eigenvalue weighted by molar-refractivity contribution is -0.118. The van der Waals surface area contributed by atoms with Crippen LogP contribution in [-0.2, 0) is 16.6 Å². The van der Waals surface area contributed by atoms with Crippen LogP contribution in [0.1, 0.15) is 29.5 Å². The van der Waals surface area contributed by atoms with E-state index in [-0.39, 0.29) is 19.3 Å². The summed E-state index contributed by atoms with van der Waals surface area (Å²) >= 11 is 0. The second-order valence-electron chi connectivity index (χ2n) is 7.16. The number of fused-ring (bicyclic) bond motifs is 2. The molecule has 0 saturated heterocycles. The van der Waals surface area contributed by atoms with Crippen LogP contribution in [0.5, 0.6) is 11.5 Å². The third-order valence-corrected chi connectivity index (χ3v) is 5.49. The van der Waals surface area contributed by atoms with Crippen molar-refractivity contribution in [3.8, 4) is 11.5 Å². The lowest BCUT2D eigenvalue weighted by Gasteiger charge is -2.17. The van der Waals surface area contributed by atoms with Gasteiger partial charge in [0.15, 0.2) is 11.5 Å². The van der Waals surface area contributed by atoms with E-state index in [9.17, 15) is 9.90 Å². The van der Waals surface area contributed by atoms with Gasteiger partial charge in [-0.05, 0) is 65.8 Å². The highest BCUT2D eigenvalue weighted by Crippen LogP contribution is 2.51. The summed E-state index contributed by atoms with van der Waals surface area (Å²) < 4.78 is 10.8. The first-order chi connectivity index (χ1) is 12.7. The summed E-state index contributed by atoms with van der Waals surface area (Å²) in [4.78, 5) is 13.0. The van der Waals surface area contributed by atoms with Crippen molar-refractivity contribution in [2.24, 2.45) is 0 Å². The van der Waals surface area contributed by atoms with Gasteiger partial charge in [-0.2, -0.15) is 0 Å². The van der Waals surface area contributed by atoms with Gasteiger partial charge in [0.25, 0.3) is 0 Å². The van der Waals surface area contributed by atoms with Crippen LogP contribution in [0.25, 0.3) is 6.08 Å². The standard InChI is InChI=1S/C21H19NO4/c23-11-13-7-14-1-3-17(9-15(14)8-13)22-20(24)21(5-6-21)16-2-4-18-19(10-16)26-12-25-18/h1-4,8-10,23H,5-7,11-12H2,(H,22,24). The number of amides is 1. The second-order valence-corrected chi connectivity index (χ2v) is 7.16. The summed E-state index contributed by atoms with van der Waals surface area (Å²) in [6, 6.07) is 11.7. The van der Waals surface area contributed by atoms with Crippen molar-refractivity contribution in [3.05, 3.63) is 58.7 Å². The Morgan fingerprint density at radius 2 is 1.96 bits per heavy atom. The van der Waals surface area contributed by atoms with Crippen molar-refractivity contribution >= 4 is 17.7 Å². The summed E-state index contributed by atoms with van der Waals surface area (Å²) in [7, 11) is 0. The summed E-state index contributed by atoms with van der Waals surface area (Å²) in [6.45, 7) is 0.306. The zero-order valence-electron chi connectivity index (χ0n) is 14.2. The summed E-state index contributed by atoms with van der Waals surface area (Å²) in [5, 5.41) is 12.4. The van der Waals surface area contributed by atoms with E-state index in [0.717, 1.165) is 47.4 Å². The Hall–Kier alpha value is -2.79. The minimum atomic E-state index is -0.480. The molecular formula is C21H19NO4. The summed E-state index contributed by atoms with van der Waals surface area (Å²) in [6.07, 6.45) is 4.44. The lowest BCUT2D eigenvalue weighted by atomic mass is 9.94. The Morgan fingerprint density at radius 1 is 1.12 bits per heavy atom. The maximum Gasteiger partial charge on any atom is 0.235 e. The van der Waals surface area contributed by atoms with Gasteiger partial charge in [0.05, 0.1) is 12.0 Å². The van der Waals surface area contributed by atoms with Gasteiger partial charge in [0, 0.05) is 5.69 Å². The number of hydrogen-bond donors (Lipinski definition) is 2. The molecule has 5 heteroatoms. The van der Waals surface area contributed by atoms with Crippen LogP contribution in [0.2, 0.25) is 0 Å². The number of rotatable bonds is 4. The first-order valence-corrected chi connectivity index (χ1v) is 8.83. The average Bonchev–Trinajstić information content (AvgIpc) is 3.16. The zero-order valence-corrected chi connectivity index (χ0v) is 14.2. The molecule has 0 radical (unpaired) electrons. The van der Waals surface area contributed by atoms with Gasteiger partial charge in [-0.15, -0.1) is 0 Å². The number of anilines is 1. The molecule has 2 aromatic rings. The van der Waals surface area contributed by atoms with Crippen LogP contribution in [0.4, 0.5) is 5.69 Å². The molecule has 2 aliphatic carbocycles. The van der Waals surface area contributed by atoms with E-state index >= 15 is 0 Å². The molecular weight excluding hydrogens is 330 g/mol. The van der Waals surface area contributed by atoms with Crippen LogP contribution in [0, 0.1) is 0 Å². The third kappa shape index (κ3) is 2.39. The van der Waals surface area contributed by atoms with E-state index in [0.29, 0.717) is 5.75 Å². The lowest BCUT2D eigenvalue weighted by Crippen LogP contribution is -2.27. The van der Waals surface area contributed by atoms with Crippen molar-refractivity contribution in [1.29, 1.82) is 0 Å². The first-order valence-electron chi connectivity index (χ1n) is 8.83. The SMILES string of the molecule is O=C(Nc1ccc2c(c1)C=C(CO)C2)C1(c2ccc3c(c2)OCO3)CC1. The van der Waals surface area contributed by atoms with Crippen molar-refractivity contribution in [2.45, 2.75) is 24.7 Å². The fourth-order valence-electron chi connectivity index (χ4n) is 3.80. The van der Waals surface area contributed by atoms with Crippen molar-refractivity contribution < 1.29 is 19.4 Å². The van der Waals surface area contributed by atoms with Gasteiger partial charge in [-0.1, -0.05) is 18.2 Å². The van der Waals surface area contributed by atoms with Gasteiger partial charge in [0.1, 0.15) is 0 Å². The van der Waals surface area contributed by atoms with E-state index in [4.69, 9.17) is 9.47 Å². The van der Waals surface area contributed by atoms with E-state index in [1.165, 1.54) is 5.56 Å². The minimum Gasteiger partial charge on any atom is -0.454 e. The number of ether oxygens (including phenoxy) is 2. The highest BCUT2D eigenvalue weighted by molar-refractivity contribution is 6.01. The van der Waals surface area contributed by atoms with Crippen LogP contribution >= 0.6 is 0 Å². The molecule has 1 heterocycles. The van der Waals surface area contributed by atoms with Crippen LogP contribution in [0.15, 0.2) is 42.0 Å². The smallest absolute Gasteiger partial charge is 0.235 e. The maximum atomic E-state index is 13.0. The molecule has 0 spiro atoms. The Bertz CT molecular complexity index is 943. The highest BCUT2D eigenvalue weighted by Gasteiger charge is 2.51. The number of aliphatic hydroxyl groups is 1. The molecule has 1 aliphatic heterocycles. The van der Waals surface area contributed by atoms with E-state index in [1.807, 2.05) is 42.5 Å². The zero-order chi connectivity index (χ0) is 17.7. The average molecular weight is 349 g/mol. The van der Waals surface area contributed by atoms with Crippen LogP contribution in [-0.4, -0.2) is 24.4 Å². The van der Waals surface area contributed by atoms with Gasteiger partial charge >= 0.3 is 0 Å². The predicted molar refractivity (Wildman–Crippen MR) is 97.3 cm³/mol.